The fourth-order valence-electron chi connectivity index (χ4n) is 6.65. The number of piperazine rings is 1. The Kier molecular flexibility index (Phi) is 6.95. The predicted octanol–water partition coefficient (Wildman–Crippen LogP) is 2.20. The molecule has 2 fully saturated rings. The second kappa shape index (κ2) is 10.5. The SMILES string of the molecule is COc1ccc(N2CCN(Cc3c(O)c(=O)cc(CN4C[C@H]5C[C@@H](C4)c4cccc(=O)n4C5)n3C)CC2)cc1. The molecule has 6 rings (SSSR count). The van der Waals surface area contributed by atoms with Crippen molar-refractivity contribution < 1.29 is 9.84 Å². The number of rotatable bonds is 6. The van der Waals surface area contributed by atoms with Gasteiger partial charge in [-0.1, -0.05) is 6.07 Å². The number of piperidine rings is 1. The van der Waals surface area contributed by atoms with Gasteiger partial charge in [0.2, 0.25) is 5.43 Å². The van der Waals surface area contributed by atoms with Crippen LogP contribution in [0.25, 0.3) is 0 Å². The van der Waals surface area contributed by atoms with Crippen molar-refractivity contribution in [1.82, 2.24) is 18.9 Å². The second-order valence-electron chi connectivity index (χ2n) is 11.2. The second-order valence-corrected chi connectivity index (χ2v) is 11.2. The number of nitrogens with zero attached hydrogens (tertiary/aromatic N) is 5. The lowest BCUT2D eigenvalue weighted by Crippen LogP contribution is -2.47. The van der Waals surface area contributed by atoms with E-state index in [0.717, 1.165) is 69.4 Å². The van der Waals surface area contributed by atoms with Crippen LogP contribution in [-0.4, -0.2) is 70.4 Å². The van der Waals surface area contributed by atoms with Crippen LogP contribution >= 0.6 is 0 Å². The average molecular weight is 532 g/mol. The summed E-state index contributed by atoms with van der Waals surface area (Å²) in [5, 5.41) is 10.8. The summed E-state index contributed by atoms with van der Waals surface area (Å²) in [4.78, 5) is 32.3. The van der Waals surface area contributed by atoms with E-state index < -0.39 is 0 Å². The maximum atomic E-state index is 12.8. The van der Waals surface area contributed by atoms with Crippen LogP contribution in [0.3, 0.4) is 0 Å². The minimum Gasteiger partial charge on any atom is -0.503 e. The van der Waals surface area contributed by atoms with Crippen molar-refractivity contribution in [3.63, 3.8) is 0 Å². The lowest BCUT2D eigenvalue weighted by molar-refractivity contribution is 0.112. The normalized spacial score (nSPS) is 21.5. The van der Waals surface area contributed by atoms with E-state index in [1.54, 1.807) is 19.2 Å². The summed E-state index contributed by atoms with van der Waals surface area (Å²) < 4.78 is 9.23. The molecule has 206 valence electrons. The number of hydrogen-bond donors (Lipinski definition) is 1. The summed E-state index contributed by atoms with van der Waals surface area (Å²) in [6, 6.07) is 15.3. The lowest BCUT2D eigenvalue weighted by Gasteiger charge is -2.43. The van der Waals surface area contributed by atoms with Gasteiger partial charge in [-0.25, -0.2) is 0 Å². The monoisotopic (exact) mass is 531 g/mol. The number of methoxy groups -OCH3 is 1. The predicted molar refractivity (Wildman–Crippen MR) is 151 cm³/mol. The van der Waals surface area contributed by atoms with Crippen LogP contribution in [0.1, 0.15) is 29.4 Å². The maximum absolute atomic E-state index is 12.8. The number of aromatic nitrogens is 2. The summed E-state index contributed by atoms with van der Waals surface area (Å²) in [7, 11) is 3.63. The van der Waals surface area contributed by atoms with E-state index >= 15 is 0 Å². The molecule has 0 radical (unpaired) electrons. The van der Waals surface area contributed by atoms with E-state index in [0.29, 0.717) is 30.6 Å². The van der Waals surface area contributed by atoms with Gasteiger partial charge < -0.3 is 23.9 Å². The quantitative estimate of drug-likeness (QED) is 0.522. The Labute approximate surface area is 228 Å². The Bertz CT molecular complexity index is 1460. The van der Waals surface area contributed by atoms with Gasteiger partial charge in [0.05, 0.1) is 12.8 Å². The number of pyridine rings is 2. The molecule has 0 aliphatic carbocycles. The van der Waals surface area contributed by atoms with Crippen LogP contribution in [-0.2, 0) is 26.7 Å². The molecule has 9 heteroatoms. The Morgan fingerprint density at radius 1 is 0.923 bits per heavy atom. The zero-order valence-electron chi connectivity index (χ0n) is 22.8. The first-order chi connectivity index (χ1) is 18.9. The van der Waals surface area contributed by atoms with Crippen LogP contribution in [0.4, 0.5) is 5.69 Å². The molecule has 1 N–H and O–H groups in total. The zero-order chi connectivity index (χ0) is 27.1. The fraction of sp³-hybridized carbons (Fsp3) is 0.467. The molecule has 2 atom stereocenters. The molecule has 0 spiro atoms. The fourth-order valence-corrected chi connectivity index (χ4v) is 6.65. The molecule has 2 aromatic heterocycles. The molecule has 2 bridgehead atoms. The van der Waals surface area contributed by atoms with Gasteiger partial charge in [0.1, 0.15) is 5.75 Å². The van der Waals surface area contributed by atoms with E-state index in [9.17, 15) is 14.7 Å². The molecule has 5 heterocycles. The summed E-state index contributed by atoms with van der Waals surface area (Å²) in [5.41, 5.74) is 3.65. The molecule has 3 aromatic rings. The number of likely N-dealkylation sites (tertiary alicyclic amines) is 1. The standard InChI is InChI=1S/C30H37N5O4/c1-31-24(19-33-16-21-14-22(18-33)26-4-3-5-29(37)35(26)17-21)15-28(36)30(38)27(31)20-32-10-12-34(13-11-32)23-6-8-25(39-2)9-7-23/h3-9,15,21-22,38H,10-14,16-20H2,1-2H3/t21-,22+/m1/s1. The summed E-state index contributed by atoms with van der Waals surface area (Å²) in [5.74, 6) is 1.44. The van der Waals surface area contributed by atoms with Crippen LogP contribution < -0.4 is 20.6 Å². The van der Waals surface area contributed by atoms with Gasteiger partial charge in [0.25, 0.3) is 5.56 Å². The number of fused-ring (bicyclic) bond motifs is 4. The molecule has 3 aliphatic rings. The number of anilines is 1. The highest BCUT2D eigenvalue weighted by atomic mass is 16.5. The van der Waals surface area contributed by atoms with E-state index in [4.69, 9.17) is 4.74 Å². The van der Waals surface area contributed by atoms with Crippen molar-refractivity contribution in [2.75, 3.05) is 51.3 Å². The lowest BCUT2D eigenvalue weighted by atomic mass is 9.83. The number of ether oxygens (including phenoxy) is 1. The summed E-state index contributed by atoms with van der Waals surface area (Å²) >= 11 is 0. The molecule has 0 amide bonds. The number of benzene rings is 1. The Morgan fingerprint density at radius 3 is 2.44 bits per heavy atom. The molecule has 9 nitrogen and oxygen atoms in total. The van der Waals surface area contributed by atoms with E-state index in [1.165, 1.54) is 5.69 Å². The third-order valence-electron chi connectivity index (χ3n) is 8.76. The van der Waals surface area contributed by atoms with Crippen molar-refractivity contribution in [3.8, 4) is 11.5 Å². The first-order valence-electron chi connectivity index (χ1n) is 13.8. The molecule has 0 saturated carbocycles. The molecular weight excluding hydrogens is 494 g/mol. The van der Waals surface area contributed by atoms with Crippen molar-refractivity contribution in [2.24, 2.45) is 13.0 Å². The van der Waals surface area contributed by atoms with Crippen LogP contribution in [0.5, 0.6) is 11.5 Å². The highest BCUT2D eigenvalue weighted by molar-refractivity contribution is 5.49. The average Bonchev–Trinajstić information content (AvgIpc) is 2.95. The Morgan fingerprint density at radius 2 is 1.69 bits per heavy atom. The van der Waals surface area contributed by atoms with Gasteiger partial charge in [-0.3, -0.25) is 19.4 Å². The minimum atomic E-state index is -0.316. The van der Waals surface area contributed by atoms with Gasteiger partial charge in [-0.05, 0) is 42.7 Å². The van der Waals surface area contributed by atoms with Gasteiger partial charge in [-0.2, -0.15) is 0 Å². The van der Waals surface area contributed by atoms with Crippen molar-refractivity contribution >= 4 is 5.69 Å². The third-order valence-corrected chi connectivity index (χ3v) is 8.76. The minimum absolute atomic E-state index is 0.0889. The van der Waals surface area contributed by atoms with Crippen LogP contribution in [0.2, 0.25) is 0 Å². The van der Waals surface area contributed by atoms with E-state index in [1.807, 2.05) is 34.4 Å². The highest BCUT2D eigenvalue weighted by Gasteiger charge is 2.34. The first-order valence-corrected chi connectivity index (χ1v) is 13.8. The summed E-state index contributed by atoms with van der Waals surface area (Å²) in [6.45, 7) is 7.13. The van der Waals surface area contributed by atoms with Gasteiger partial charge in [-0.15, -0.1) is 0 Å². The molecule has 2 saturated heterocycles. The van der Waals surface area contributed by atoms with Gasteiger partial charge in [0.15, 0.2) is 5.75 Å². The van der Waals surface area contributed by atoms with Crippen molar-refractivity contribution in [1.29, 1.82) is 0 Å². The van der Waals surface area contributed by atoms with E-state index in [2.05, 4.69) is 32.9 Å². The molecule has 1 aromatic carbocycles. The van der Waals surface area contributed by atoms with Crippen molar-refractivity contribution in [3.05, 3.63) is 86.2 Å². The maximum Gasteiger partial charge on any atom is 0.250 e. The number of hydrogen-bond acceptors (Lipinski definition) is 7. The molecule has 3 aliphatic heterocycles. The number of aromatic hydroxyl groups is 1. The largest absolute Gasteiger partial charge is 0.503 e. The smallest absolute Gasteiger partial charge is 0.250 e. The van der Waals surface area contributed by atoms with Gasteiger partial charge >= 0.3 is 0 Å². The van der Waals surface area contributed by atoms with Crippen LogP contribution in [0, 0.1) is 5.92 Å². The third kappa shape index (κ3) is 5.08. The van der Waals surface area contributed by atoms with Crippen molar-refractivity contribution in [2.45, 2.75) is 32.0 Å². The Hall–Kier alpha value is -3.56. The zero-order valence-corrected chi connectivity index (χ0v) is 22.8. The Balaban J connectivity index is 1.14. The van der Waals surface area contributed by atoms with E-state index in [-0.39, 0.29) is 16.7 Å². The topological polar surface area (TPSA) is 83.2 Å². The molecule has 39 heavy (non-hydrogen) atoms. The van der Waals surface area contributed by atoms with Gasteiger partial charge in [0, 0.05) is 101 Å². The molecule has 0 unspecified atom stereocenters. The van der Waals surface area contributed by atoms with Crippen LogP contribution in [0.15, 0.2) is 58.1 Å². The summed E-state index contributed by atoms with van der Waals surface area (Å²) in [6.07, 6.45) is 1.10. The molecular formula is C30H37N5O4. The highest BCUT2D eigenvalue weighted by Crippen LogP contribution is 2.35. The first kappa shape index (κ1) is 25.7.